The van der Waals surface area contributed by atoms with Crippen LogP contribution in [0.15, 0.2) is 0 Å². The molecular formula is C5H10O6. The Morgan fingerprint density at radius 2 is 1.82 bits per heavy atom. The number of carbonyl (C=O) groups excluding carboxylic acids is 1. The molecule has 0 rings (SSSR count). The van der Waals surface area contributed by atoms with E-state index in [9.17, 15) is 4.79 Å². The van der Waals surface area contributed by atoms with Gasteiger partial charge in [0, 0.05) is 0 Å². The third kappa shape index (κ3) is 2.21. The summed E-state index contributed by atoms with van der Waals surface area (Å²) in [6, 6.07) is 0. The molecule has 66 valence electrons. The summed E-state index contributed by atoms with van der Waals surface area (Å²) in [5, 5.41) is 42.8. The molecule has 0 spiro atoms. The summed E-state index contributed by atoms with van der Waals surface area (Å²) >= 11 is 0. The van der Waals surface area contributed by atoms with Crippen LogP contribution in [0.5, 0.6) is 0 Å². The number of hydrogen-bond donors (Lipinski definition) is 5. The molecule has 11 heavy (non-hydrogen) atoms. The van der Waals surface area contributed by atoms with Crippen LogP contribution in [0.25, 0.3) is 0 Å². The van der Waals surface area contributed by atoms with E-state index >= 15 is 0 Å². The normalized spacial score (nSPS) is 17.5. The van der Waals surface area contributed by atoms with Gasteiger partial charge in [-0.2, -0.15) is 0 Å². The highest BCUT2D eigenvalue weighted by atomic mass is 16.5. The number of aldehydes is 1. The van der Waals surface area contributed by atoms with Gasteiger partial charge in [0.25, 0.3) is 0 Å². The van der Waals surface area contributed by atoms with Crippen molar-refractivity contribution in [3.05, 3.63) is 0 Å². The van der Waals surface area contributed by atoms with Crippen LogP contribution in [0.2, 0.25) is 0 Å². The van der Waals surface area contributed by atoms with Gasteiger partial charge in [0.1, 0.15) is 6.10 Å². The van der Waals surface area contributed by atoms with Crippen molar-refractivity contribution in [2.24, 2.45) is 0 Å². The van der Waals surface area contributed by atoms with E-state index in [1.807, 2.05) is 0 Å². The SMILES string of the molecule is O=CC(O)C(O)(O)C(O)CO. The molecule has 0 radical (unpaired) electrons. The fourth-order valence-corrected chi connectivity index (χ4v) is 0.432. The molecule has 0 fully saturated rings. The summed E-state index contributed by atoms with van der Waals surface area (Å²) < 4.78 is 0. The summed E-state index contributed by atoms with van der Waals surface area (Å²) in [7, 11) is 0. The van der Waals surface area contributed by atoms with Gasteiger partial charge >= 0.3 is 0 Å². The van der Waals surface area contributed by atoms with Crippen LogP contribution in [0.1, 0.15) is 0 Å². The van der Waals surface area contributed by atoms with E-state index in [2.05, 4.69) is 0 Å². The largest absolute Gasteiger partial charge is 0.393 e. The van der Waals surface area contributed by atoms with Crippen molar-refractivity contribution >= 4 is 6.29 Å². The third-order valence-corrected chi connectivity index (χ3v) is 1.23. The Kier molecular flexibility index (Phi) is 3.56. The number of aliphatic hydroxyl groups is 5. The van der Waals surface area contributed by atoms with Crippen LogP contribution in [-0.4, -0.2) is 56.4 Å². The van der Waals surface area contributed by atoms with Crippen LogP contribution >= 0.6 is 0 Å². The zero-order valence-electron chi connectivity index (χ0n) is 5.58. The molecule has 0 saturated heterocycles. The van der Waals surface area contributed by atoms with E-state index in [0.29, 0.717) is 0 Å². The van der Waals surface area contributed by atoms with E-state index in [4.69, 9.17) is 25.5 Å². The first-order valence-electron chi connectivity index (χ1n) is 2.83. The minimum atomic E-state index is -2.99. The first-order chi connectivity index (χ1) is 4.96. The van der Waals surface area contributed by atoms with E-state index < -0.39 is 24.6 Å². The minimum Gasteiger partial charge on any atom is -0.393 e. The lowest BCUT2D eigenvalue weighted by Crippen LogP contribution is -2.54. The summed E-state index contributed by atoms with van der Waals surface area (Å²) in [6.45, 7) is -0.960. The Morgan fingerprint density at radius 1 is 1.36 bits per heavy atom. The average Bonchev–Trinajstić information content (AvgIpc) is 2.01. The second-order valence-electron chi connectivity index (χ2n) is 2.06. The second-order valence-corrected chi connectivity index (χ2v) is 2.06. The van der Waals surface area contributed by atoms with E-state index in [-0.39, 0.29) is 6.29 Å². The summed E-state index contributed by atoms with van der Waals surface area (Å²) in [5.74, 6) is -2.99. The Bertz CT molecular complexity index is 133. The van der Waals surface area contributed by atoms with Crippen LogP contribution in [-0.2, 0) is 4.79 Å². The molecule has 0 amide bonds. The van der Waals surface area contributed by atoms with Crippen molar-refractivity contribution in [2.75, 3.05) is 6.61 Å². The molecule has 2 unspecified atom stereocenters. The lowest BCUT2D eigenvalue weighted by Gasteiger charge is -2.27. The molecule has 0 aliphatic heterocycles. The van der Waals surface area contributed by atoms with Crippen LogP contribution < -0.4 is 0 Å². The van der Waals surface area contributed by atoms with Crippen LogP contribution in [0.3, 0.4) is 0 Å². The molecule has 0 aromatic heterocycles. The Hall–Kier alpha value is -0.530. The van der Waals surface area contributed by atoms with Crippen molar-refractivity contribution in [1.82, 2.24) is 0 Å². The highest BCUT2D eigenvalue weighted by molar-refractivity contribution is 5.57. The standard InChI is InChI=1S/C5H10O6/c6-1-3(8)5(10,11)4(9)2-7/h1,3-4,7-11H,2H2. The lowest BCUT2D eigenvalue weighted by molar-refractivity contribution is -0.270. The van der Waals surface area contributed by atoms with E-state index in [1.165, 1.54) is 0 Å². The molecule has 5 N–H and O–H groups in total. The van der Waals surface area contributed by atoms with Gasteiger partial charge in [0.05, 0.1) is 6.61 Å². The zero-order chi connectivity index (χ0) is 9.07. The fourth-order valence-electron chi connectivity index (χ4n) is 0.432. The molecule has 0 aromatic rings. The Labute approximate surface area is 62.3 Å². The number of aliphatic hydroxyl groups excluding tert-OH is 3. The predicted octanol–water partition coefficient (Wildman–Crippen LogP) is -3.42. The molecule has 2 atom stereocenters. The monoisotopic (exact) mass is 166 g/mol. The number of carbonyl (C=O) groups is 1. The van der Waals surface area contributed by atoms with Gasteiger partial charge in [-0.05, 0) is 0 Å². The van der Waals surface area contributed by atoms with Crippen molar-refractivity contribution < 1.29 is 30.3 Å². The maximum absolute atomic E-state index is 9.81. The van der Waals surface area contributed by atoms with Crippen LogP contribution in [0.4, 0.5) is 0 Å². The quantitative estimate of drug-likeness (QED) is 0.219. The smallest absolute Gasteiger partial charge is 0.225 e. The van der Waals surface area contributed by atoms with Gasteiger partial charge in [-0.15, -0.1) is 0 Å². The highest BCUT2D eigenvalue weighted by Crippen LogP contribution is 2.10. The van der Waals surface area contributed by atoms with Crippen LogP contribution in [0, 0.1) is 0 Å². The van der Waals surface area contributed by atoms with Crippen molar-refractivity contribution in [3.63, 3.8) is 0 Å². The Balaban J connectivity index is 4.29. The van der Waals surface area contributed by atoms with E-state index in [0.717, 1.165) is 0 Å². The van der Waals surface area contributed by atoms with Gasteiger partial charge in [0.2, 0.25) is 5.79 Å². The van der Waals surface area contributed by atoms with Gasteiger partial charge < -0.3 is 30.3 Å². The molecule has 6 heteroatoms. The predicted molar refractivity (Wildman–Crippen MR) is 32.3 cm³/mol. The van der Waals surface area contributed by atoms with Crippen molar-refractivity contribution in [2.45, 2.75) is 18.0 Å². The second kappa shape index (κ2) is 3.74. The van der Waals surface area contributed by atoms with Crippen molar-refractivity contribution in [3.8, 4) is 0 Å². The topological polar surface area (TPSA) is 118 Å². The molecular weight excluding hydrogens is 156 g/mol. The summed E-state index contributed by atoms with van der Waals surface area (Å²) in [4.78, 5) is 9.81. The summed E-state index contributed by atoms with van der Waals surface area (Å²) in [5.41, 5.74) is 0. The highest BCUT2D eigenvalue weighted by Gasteiger charge is 2.40. The maximum Gasteiger partial charge on any atom is 0.225 e. The zero-order valence-corrected chi connectivity index (χ0v) is 5.58. The van der Waals surface area contributed by atoms with Crippen molar-refractivity contribution in [1.29, 1.82) is 0 Å². The molecule has 0 aliphatic rings. The maximum atomic E-state index is 9.81. The van der Waals surface area contributed by atoms with Gasteiger partial charge in [-0.25, -0.2) is 0 Å². The summed E-state index contributed by atoms with van der Waals surface area (Å²) in [6.07, 6.45) is -4.26. The lowest BCUT2D eigenvalue weighted by atomic mass is 10.1. The number of rotatable bonds is 4. The fraction of sp³-hybridized carbons (Fsp3) is 0.800. The first-order valence-corrected chi connectivity index (χ1v) is 2.83. The van der Waals surface area contributed by atoms with Gasteiger partial charge in [-0.3, -0.25) is 0 Å². The third-order valence-electron chi connectivity index (χ3n) is 1.23. The molecule has 0 saturated carbocycles. The molecule has 6 nitrogen and oxygen atoms in total. The van der Waals surface area contributed by atoms with Gasteiger partial charge in [-0.1, -0.05) is 0 Å². The van der Waals surface area contributed by atoms with Gasteiger partial charge in [0.15, 0.2) is 12.4 Å². The first kappa shape index (κ1) is 10.5. The molecule has 0 aromatic carbocycles. The average molecular weight is 166 g/mol. The minimum absolute atomic E-state index is 0.154. The number of hydrogen-bond acceptors (Lipinski definition) is 6. The Morgan fingerprint density at radius 3 is 2.09 bits per heavy atom. The molecule has 0 bridgehead atoms. The molecule has 0 heterocycles. The molecule has 0 aliphatic carbocycles. The van der Waals surface area contributed by atoms with E-state index in [1.54, 1.807) is 0 Å².